The third-order valence-corrected chi connectivity index (χ3v) is 4.21. The molecule has 1 aliphatic rings. The molecule has 2 aromatic carbocycles. The highest BCUT2D eigenvalue weighted by Crippen LogP contribution is 2.15. The monoisotopic (exact) mass is 369 g/mol. The van der Waals surface area contributed by atoms with Gasteiger partial charge >= 0.3 is 0 Å². The first-order valence-corrected chi connectivity index (χ1v) is 10.2. The summed E-state index contributed by atoms with van der Waals surface area (Å²) in [5.74, 6) is 0.0849. The van der Waals surface area contributed by atoms with Crippen LogP contribution in [0.25, 0.3) is 0 Å². The Morgan fingerprint density at radius 1 is 0.815 bits per heavy atom. The number of amides is 1. The summed E-state index contributed by atoms with van der Waals surface area (Å²) >= 11 is 0. The number of hydrogen-bond acceptors (Lipinski definition) is 3. The summed E-state index contributed by atoms with van der Waals surface area (Å²) in [7, 11) is 0. The third-order valence-electron chi connectivity index (χ3n) is 4.21. The highest BCUT2D eigenvalue weighted by atomic mass is 16.1. The van der Waals surface area contributed by atoms with E-state index in [4.69, 9.17) is 0 Å². The topological polar surface area (TPSA) is 35.6 Å². The van der Waals surface area contributed by atoms with Crippen LogP contribution in [-0.4, -0.2) is 43.5 Å². The number of carbonyl (C=O) groups is 1. The van der Waals surface area contributed by atoms with Crippen LogP contribution in [-0.2, 0) is 4.79 Å². The van der Waals surface area contributed by atoms with Crippen LogP contribution in [0.3, 0.4) is 0 Å². The van der Waals surface area contributed by atoms with Crippen molar-refractivity contribution in [3.63, 3.8) is 0 Å². The Hall–Kier alpha value is -2.33. The van der Waals surface area contributed by atoms with Crippen LogP contribution < -0.4 is 10.2 Å². The molecule has 148 valence electrons. The fourth-order valence-corrected chi connectivity index (χ4v) is 2.87. The van der Waals surface area contributed by atoms with Crippen molar-refractivity contribution in [1.82, 2.24) is 4.90 Å². The lowest BCUT2D eigenvalue weighted by Gasteiger charge is -2.36. The maximum atomic E-state index is 12.0. The van der Waals surface area contributed by atoms with Gasteiger partial charge in [0.15, 0.2) is 0 Å². The molecular formula is C23H35N3O. The maximum Gasteiger partial charge on any atom is 0.225 e. The Bertz CT molecular complexity index is 608. The number of carbonyl (C=O) groups excluding carboxylic acids is 1. The highest BCUT2D eigenvalue weighted by Gasteiger charge is 2.17. The van der Waals surface area contributed by atoms with Gasteiger partial charge < -0.3 is 10.2 Å². The SMILES string of the molecule is CC.CC.O=C(CCN1CCN(c2ccccc2)CC1)Nc1ccccc1. The van der Waals surface area contributed by atoms with Crippen molar-refractivity contribution in [3.8, 4) is 0 Å². The first-order chi connectivity index (χ1) is 13.3. The Balaban J connectivity index is 0.000000855. The molecule has 0 aliphatic carbocycles. The van der Waals surface area contributed by atoms with E-state index in [1.807, 2.05) is 64.1 Å². The fourth-order valence-electron chi connectivity index (χ4n) is 2.87. The lowest BCUT2D eigenvalue weighted by Crippen LogP contribution is -2.47. The van der Waals surface area contributed by atoms with Crippen molar-refractivity contribution in [2.75, 3.05) is 42.9 Å². The molecule has 0 unspecified atom stereocenters. The molecule has 1 fully saturated rings. The molecule has 4 heteroatoms. The van der Waals surface area contributed by atoms with Crippen LogP contribution in [0.1, 0.15) is 34.1 Å². The number of nitrogens with one attached hydrogen (secondary N) is 1. The number of nitrogens with zero attached hydrogens (tertiary/aromatic N) is 2. The molecule has 2 aromatic rings. The number of anilines is 2. The van der Waals surface area contributed by atoms with Gasteiger partial charge in [-0.05, 0) is 24.3 Å². The zero-order valence-corrected chi connectivity index (χ0v) is 17.3. The quantitative estimate of drug-likeness (QED) is 0.815. The molecule has 1 amide bonds. The van der Waals surface area contributed by atoms with Gasteiger partial charge in [-0.2, -0.15) is 0 Å². The van der Waals surface area contributed by atoms with Crippen molar-refractivity contribution in [3.05, 3.63) is 60.7 Å². The van der Waals surface area contributed by atoms with Gasteiger partial charge in [0.05, 0.1) is 0 Å². The molecule has 27 heavy (non-hydrogen) atoms. The Morgan fingerprint density at radius 3 is 1.89 bits per heavy atom. The van der Waals surface area contributed by atoms with Gasteiger partial charge in [0.1, 0.15) is 0 Å². The van der Waals surface area contributed by atoms with E-state index in [0.29, 0.717) is 6.42 Å². The normalized spacial score (nSPS) is 13.6. The van der Waals surface area contributed by atoms with E-state index in [2.05, 4.69) is 39.4 Å². The van der Waals surface area contributed by atoms with E-state index in [1.54, 1.807) is 0 Å². The summed E-state index contributed by atoms with van der Waals surface area (Å²) in [6, 6.07) is 20.1. The second-order valence-electron chi connectivity index (χ2n) is 5.83. The van der Waals surface area contributed by atoms with Crippen LogP contribution in [0.4, 0.5) is 11.4 Å². The number of hydrogen-bond donors (Lipinski definition) is 1. The summed E-state index contributed by atoms with van der Waals surface area (Å²) < 4.78 is 0. The van der Waals surface area contributed by atoms with Crippen molar-refractivity contribution in [2.24, 2.45) is 0 Å². The zero-order chi connectivity index (χ0) is 19.9. The average molecular weight is 370 g/mol. The standard InChI is InChI=1S/C19H23N3O.2C2H6/c23-19(20-17-7-3-1-4-8-17)11-12-21-13-15-22(16-14-21)18-9-5-2-6-10-18;2*1-2/h1-10H,11-16H2,(H,20,23);2*1-2H3. The number of para-hydroxylation sites is 2. The van der Waals surface area contributed by atoms with E-state index < -0.39 is 0 Å². The molecule has 0 saturated carbocycles. The summed E-state index contributed by atoms with van der Waals surface area (Å²) in [6.45, 7) is 12.9. The second-order valence-corrected chi connectivity index (χ2v) is 5.83. The van der Waals surface area contributed by atoms with Crippen LogP contribution in [0.5, 0.6) is 0 Å². The molecule has 3 rings (SSSR count). The molecule has 0 bridgehead atoms. The van der Waals surface area contributed by atoms with E-state index in [1.165, 1.54) is 5.69 Å². The minimum Gasteiger partial charge on any atom is -0.369 e. The van der Waals surface area contributed by atoms with Gasteiger partial charge in [-0.3, -0.25) is 9.69 Å². The van der Waals surface area contributed by atoms with E-state index >= 15 is 0 Å². The molecule has 1 N–H and O–H groups in total. The van der Waals surface area contributed by atoms with Gasteiger partial charge in [-0.15, -0.1) is 0 Å². The Kier molecular flexibility index (Phi) is 11.6. The molecule has 1 heterocycles. The van der Waals surface area contributed by atoms with Gasteiger partial charge in [0.2, 0.25) is 5.91 Å². The average Bonchev–Trinajstić information content (AvgIpc) is 2.77. The zero-order valence-electron chi connectivity index (χ0n) is 17.3. The Morgan fingerprint density at radius 2 is 1.33 bits per heavy atom. The van der Waals surface area contributed by atoms with Crippen LogP contribution in [0.2, 0.25) is 0 Å². The molecule has 1 saturated heterocycles. The van der Waals surface area contributed by atoms with Crippen molar-refractivity contribution < 1.29 is 4.79 Å². The van der Waals surface area contributed by atoms with Crippen molar-refractivity contribution in [2.45, 2.75) is 34.1 Å². The van der Waals surface area contributed by atoms with Crippen LogP contribution in [0.15, 0.2) is 60.7 Å². The van der Waals surface area contributed by atoms with E-state index in [-0.39, 0.29) is 5.91 Å². The van der Waals surface area contributed by atoms with E-state index in [0.717, 1.165) is 38.4 Å². The molecule has 0 spiro atoms. The molecule has 0 aromatic heterocycles. The summed E-state index contributed by atoms with van der Waals surface area (Å²) in [4.78, 5) is 16.8. The largest absolute Gasteiger partial charge is 0.369 e. The number of benzene rings is 2. The smallest absolute Gasteiger partial charge is 0.225 e. The molecule has 4 nitrogen and oxygen atoms in total. The minimum atomic E-state index is 0.0849. The van der Waals surface area contributed by atoms with Crippen molar-refractivity contribution >= 4 is 17.3 Å². The molecule has 0 atom stereocenters. The van der Waals surface area contributed by atoms with Crippen LogP contribution >= 0.6 is 0 Å². The molecular weight excluding hydrogens is 334 g/mol. The predicted molar refractivity (Wildman–Crippen MR) is 117 cm³/mol. The summed E-state index contributed by atoms with van der Waals surface area (Å²) in [5.41, 5.74) is 2.15. The maximum absolute atomic E-state index is 12.0. The molecule has 1 aliphatic heterocycles. The van der Waals surface area contributed by atoms with Gasteiger partial charge in [0, 0.05) is 50.5 Å². The molecule has 0 radical (unpaired) electrons. The fraction of sp³-hybridized carbons (Fsp3) is 0.435. The van der Waals surface area contributed by atoms with Crippen molar-refractivity contribution in [1.29, 1.82) is 0 Å². The van der Waals surface area contributed by atoms with Gasteiger partial charge in [-0.25, -0.2) is 0 Å². The van der Waals surface area contributed by atoms with Gasteiger partial charge in [0.25, 0.3) is 0 Å². The predicted octanol–water partition coefficient (Wildman–Crippen LogP) is 4.89. The summed E-state index contributed by atoms with van der Waals surface area (Å²) in [6.07, 6.45) is 0.542. The number of piperazine rings is 1. The third kappa shape index (κ3) is 8.27. The number of rotatable bonds is 5. The second kappa shape index (κ2) is 13.8. The lowest BCUT2D eigenvalue weighted by molar-refractivity contribution is -0.116. The minimum absolute atomic E-state index is 0.0849. The van der Waals surface area contributed by atoms with Gasteiger partial charge in [-0.1, -0.05) is 64.1 Å². The van der Waals surface area contributed by atoms with E-state index in [9.17, 15) is 4.79 Å². The first-order valence-electron chi connectivity index (χ1n) is 10.2. The Labute approximate surface area is 165 Å². The highest BCUT2D eigenvalue weighted by molar-refractivity contribution is 5.90. The van der Waals surface area contributed by atoms with Crippen LogP contribution in [0, 0.1) is 0 Å². The first kappa shape index (κ1) is 22.7. The summed E-state index contributed by atoms with van der Waals surface area (Å²) in [5, 5.41) is 2.94. The lowest BCUT2D eigenvalue weighted by atomic mass is 10.2.